The highest BCUT2D eigenvalue weighted by Crippen LogP contribution is 2.40. The van der Waals surface area contributed by atoms with Crippen LogP contribution in [0.15, 0.2) is 42.5 Å². The van der Waals surface area contributed by atoms with Gasteiger partial charge in [-0.05, 0) is 18.2 Å². The van der Waals surface area contributed by atoms with E-state index in [0.717, 1.165) is 5.56 Å². The fourth-order valence-electron chi connectivity index (χ4n) is 3.76. The number of ether oxygens (including phenoxy) is 4. The van der Waals surface area contributed by atoms with Crippen LogP contribution in [0.3, 0.4) is 0 Å². The number of nitrogens with zero attached hydrogens (tertiary/aromatic N) is 2. The second-order valence-electron chi connectivity index (χ2n) is 7.51. The molecule has 1 aliphatic heterocycles. The van der Waals surface area contributed by atoms with Crippen molar-refractivity contribution in [3.63, 3.8) is 0 Å². The van der Waals surface area contributed by atoms with Crippen molar-refractivity contribution < 1.29 is 36.9 Å². The first-order chi connectivity index (χ1) is 16.3. The topological polar surface area (TPSA) is 60.5 Å². The van der Waals surface area contributed by atoms with Gasteiger partial charge in [-0.25, -0.2) is 0 Å². The quantitative estimate of drug-likeness (QED) is 0.533. The highest BCUT2D eigenvalue weighted by atomic mass is 19.4. The lowest BCUT2D eigenvalue weighted by molar-refractivity contribution is -0.274. The van der Waals surface area contributed by atoms with Gasteiger partial charge in [0.1, 0.15) is 5.75 Å². The summed E-state index contributed by atoms with van der Waals surface area (Å²) in [6, 6.07) is 9.42. The van der Waals surface area contributed by atoms with E-state index in [4.69, 9.17) is 14.2 Å². The Hall–Kier alpha value is -3.40. The maximum Gasteiger partial charge on any atom is 0.573 e. The fraction of sp³-hybridized carbons (Fsp3) is 0.375. The number of para-hydroxylation sites is 1. The zero-order valence-corrected chi connectivity index (χ0v) is 19.2. The first-order valence-corrected chi connectivity index (χ1v) is 10.6. The molecule has 10 heteroatoms. The van der Waals surface area contributed by atoms with Crippen molar-refractivity contribution in [2.75, 3.05) is 47.5 Å². The molecule has 1 amide bonds. The number of hydrogen-bond donors (Lipinski definition) is 0. The predicted octanol–water partition coefficient (Wildman–Crippen LogP) is 3.97. The van der Waals surface area contributed by atoms with Crippen molar-refractivity contribution in [2.45, 2.75) is 12.9 Å². The molecule has 2 aromatic rings. The minimum absolute atomic E-state index is 0.173. The first-order valence-electron chi connectivity index (χ1n) is 10.6. The monoisotopic (exact) mass is 480 g/mol. The van der Waals surface area contributed by atoms with Crippen LogP contribution in [-0.2, 0) is 11.3 Å². The van der Waals surface area contributed by atoms with Gasteiger partial charge < -0.3 is 23.8 Å². The Morgan fingerprint density at radius 2 is 1.59 bits per heavy atom. The van der Waals surface area contributed by atoms with Crippen molar-refractivity contribution in [3.05, 3.63) is 53.6 Å². The van der Waals surface area contributed by atoms with Crippen LogP contribution in [0.4, 0.5) is 13.2 Å². The third-order valence-corrected chi connectivity index (χ3v) is 5.41. The number of benzene rings is 2. The Morgan fingerprint density at radius 3 is 2.21 bits per heavy atom. The van der Waals surface area contributed by atoms with E-state index >= 15 is 0 Å². The molecule has 0 unspecified atom stereocenters. The average molecular weight is 480 g/mol. The van der Waals surface area contributed by atoms with Gasteiger partial charge in [-0.2, -0.15) is 0 Å². The summed E-state index contributed by atoms with van der Waals surface area (Å²) in [7, 11) is 4.68. The summed E-state index contributed by atoms with van der Waals surface area (Å²) in [6.45, 7) is 2.83. The second kappa shape index (κ2) is 11.1. The Morgan fingerprint density at radius 1 is 0.912 bits per heavy atom. The van der Waals surface area contributed by atoms with Gasteiger partial charge in [0.05, 0.1) is 21.3 Å². The van der Waals surface area contributed by atoms with E-state index in [1.165, 1.54) is 30.4 Å². The number of methoxy groups -OCH3 is 3. The second-order valence-corrected chi connectivity index (χ2v) is 7.51. The molecule has 0 atom stereocenters. The van der Waals surface area contributed by atoms with Crippen LogP contribution >= 0.6 is 0 Å². The van der Waals surface area contributed by atoms with Crippen molar-refractivity contribution in [1.82, 2.24) is 9.80 Å². The van der Waals surface area contributed by atoms with Crippen molar-refractivity contribution in [2.24, 2.45) is 0 Å². The van der Waals surface area contributed by atoms with Crippen LogP contribution < -0.4 is 18.9 Å². The number of piperazine rings is 1. The van der Waals surface area contributed by atoms with Crippen molar-refractivity contribution in [3.8, 4) is 23.0 Å². The molecule has 0 aliphatic carbocycles. The molecular formula is C24H27F3N2O5. The molecule has 0 spiro atoms. The Kier molecular flexibility index (Phi) is 8.27. The van der Waals surface area contributed by atoms with Crippen LogP contribution in [-0.4, -0.2) is 69.6 Å². The van der Waals surface area contributed by atoms with Gasteiger partial charge in [-0.1, -0.05) is 24.3 Å². The van der Waals surface area contributed by atoms with E-state index in [9.17, 15) is 18.0 Å². The average Bonchev–Trinajstić information content (AvgIpc) is 2.82. The summed E-state index contributed by atoms with van der Waals surface area (Å²) in [5.74, 6) is 1.07. The third-order valence-electron chi connectivity index (χ3n) is 5.41. The van der Waals surface area contributed by atoms with E-state index in [0.29, 0.717) is 50.0 Å². The number of rotatable bonds is 8. The predicted molar refractivity (Wildman–Crippen MR) is 120 cm³/mol. The molecule has 1 saturated heterocycles. The molecule has 0 N–H and O–H groups in total. The summed E-state index contributed by atoms with van der Waals surface area (Å²) < 4.78 is 58.1. The summed E-state index contributed by atoms with van der Waals surface area (Å²) in [5.41, 5.74) is 1.11. The number of hydrogen-bond acceptors (Lipinski definition) is 6. The molecule has 1 heterocycles. The number of halogens is 3. The molecule has 0 bridgehead atoms. The van der Waals surface area contributed by atoms with Crippen molar-refractivity contribution >= 4 is 12.0 Å². The normalized spacial score (nSPS) is 14.8. The van der Waals surface area contributed by atoms with E-state index in [2.05, 4.69) is 9.64 Å². The molecule has 1 aliphatic rings. The van der Waals surface area contributed by atoms with E-state index in [-0.39, 0.29) is 17.2 Å². The molecule has 1 fully saturated rings. The Bertz CT molecular complexity index is 1020. The molecule has 7 nitrogen and oxygen atoms in total. The molecule has 34 heavy (non-hydrogen) atoms. The highest BCUT2D eigenvalue weighted by Gasteiger charge is 2.31. The Labute approximate surface area is 196 Å². The summed E-state index contributed by atoms with van der Waals surface area (Å²) in [4.78, 5) is 16.4. The Balaban J connectivity index is 1.60. The lowest BCUT2D eigenvalue weighted by Gasteiger charge is -2.34. The van der Waals surface area contributed by atoms with Gasteiger partial charge in [0.2, 0.25) is 11.7 Å². The molecule has 2 aromatic carbocycles. The van der Waals surface area contributed by atoms with Gasteiger partial charge in [-0.3, -0.25) is 9.69 Å². The van der Waals surface area contributed by atoms with E-state index in [1.807, 2.05) is 12.1 Å². The smallest absolute Gasteiger partial charge is 0.493 e. The van der Waals surface area contributed by atoms with Crippen molar-refractivity contribution in [1.29, 1.82) is 0 Å². The molecule has 184 valence electrons. The van der Waals surface area contributed by atoms with Crippen LogP contribution in [0.5, 0.6) is 23.0 Å². The first kappa shape index (κ1) is 25.2. The standard InChI is InChI=1S/C24H27F3N2O5/c1-31-20-10-8-18(22(32-2)23(20)33-3)16-28-12-14-29(15-13-28)21(30)11-9-17-6-4-5-7-19(17)34-24(25,26)27/h4-11H,12-16H2,1-3H3/b11-9+. The zero-order chi connectivity index (χ0) is 24.7. The lowest BCUT2D eigenvalue weighted by atomic mass is 10.1. The van der Waals surface area contributed by atoms with Gasteiger partial charge in [0.15, 0.2) is 11.5 Å². The largest absolute Gasteiger partial charge is 0.573 e. The van der Waals surface area contributed by atoms with Gasteiger partial charge >= 0.3 is 6.36 Å². The number of carbonyl (C=O) groups is 1. The molecule has 0 saturated carbocycles. The summed E-state index contributed by atoms with van der Waals surface area (Å²) in [5, 5.41) is 0. The SMILES string of the molecule is COc1ccc(CN2CCN(C(=O)/C=C/c3ccccc3OC(F)(F)F)CC2)c(OC)c1OC. The van der Waals surface area contributed by atoms with Gasteiger partial charge in [0, 0.05) is 49.9 Å². The van der Waals surface area contributed by atoms with Crippen LogP contribution in [0, 0.1) is 0 Å². The lowest BCUT2D eigenvalue weighted by Crippen LogP contribution is -2.47. The minimum Gasteiger partial charge on any atom is -0.493 e. The van der Waals surface area contributed by atoms with Gasteiger partial charge in [-0.15, -0.1) is 13.2 Å². The van der Waals surface area contributed by atoms with Crippen LogP contribution in [0.2, 0.25) is 0 Å². The van der Waals surface area contributed by atoms with E-state index in [1.54, 1.807) is 32.3 Å². The summed E-state index contributed by atoms with van der Waals surface area (Å²) >= 11 is 0. The molecule has 3 rings (SSSR count). The zero-order valence-electron chi connectivity index (χ0n) is 19.2. The number of amides is 1. The minimum atomic E-state index is -4.80. The fourth-order valence-corrected chi connectivity index (χ4v) is 3.76. The van der Waals surface area contributed by atoms with Gasteiger partial charge in [0.25, 0.3) is 0 Å². The maximum absolute atomic E-state index is 12.6. The van der Waals surface area contributed by atoms with Crippen LogP contribution in [0.1, 0.15) is 11.1 Å². The van der Waals surface area contributed by atoms with Crippen LogP contribution in [0.25, 0.3) is 6.08 Å². The highest BCUT2D eigenvalue weighted by molar-refractivity contribution is 5.92. The number of carbonyl (C=O) groups excluding carboxylic acids is 1. The molecular weight excluding hydrogens is 453 g/mol. The van der Waals surface area contributed by atoms with E-state index < -0.39 is 6.36 Å². The molecule has 0 radical (unpaired) electrons. The molecule has 0 aromatic heterocycles. The number of alkyl halides is 3. The third kappa shape index (κ3) is 6.34. The summed E-state index contributed by atoms with van der Waals surface area (Å²) in [6.07, 6.45) is -2.20. The maximum atomic E-state index is 12.6.